The van der Waals surface area contributed by atoms with E-state index in [1.54, 1.807) is 28.0 Å². The van der Waals surface area contributed by atoms with E-state index in [0.717, 1.165) is 23.8 Å². The Bertz CT molecular complexity index is 836. The molecule has 11 heteroatoms. The number of hydrogen-bond donors (Lipinski definition) is 1. The molecule has 0 aromatic carbocycles. The monoisotopic (exact) mass is 478 g/mol. The van der Waals surface area contributed by atoms with E-state index in [2.05, 4.69) is 16.4 Å². The number of thiophene rings is 1. The molecule has 1 aliphatic heterocycles. The Hall–Kier alpha value is -1.65. The van der Waals surface area contributed by atoms with Crippen molar-refractivity contribution in [1.82, 2.24) is 15.2 Å². The van der Waals surface area contributed by atoms with Crippen LogP contribution in [0, 0.1) is 0 Å². The number of carbonyl (C=O) groups is 1. The maximum Gasteiger partial charge on any atom is 0.417 e. The van der Waals surface area contributed by atoms with Crippen LogP contribution in [0.15, 0.2) is 29.8 Å². The summed E-state index contributed by atoms with van der Waals surface area (Å²) in [5, 5.41) is 4.95. The molecule has 30 heavy (non-hydrogen) atoms. The van der Waals surface area contributed by atoms with Crippen molar-refractivity contribution in [3.05, 3.63) is 45.2 Å². The molecule has 0 aliphatic carbocycles. The molecule has 2 aromatic heterocycles. The van der Waals surface area contributed by atoms with Crippen molar-refractivity contribution in [1.29, 1.82) is 0 Å². The van der Waals surface area contributed by atoms with Crippen molar-refractivity contribution in [3.63, 3.8) is 0 Å². The zero-order valence-electron chi connectivity index (χ0n) is 16.1. The highest BCUT2D eigenvalue weighted by Crippen LogP contribution is 2.33. The summed E-state index contributed by atoms with van der Waals surface area (Å²) in [5.74, 6) is 2.08. The summed E-state index contributed by atoms with van der Waals surface area (Å²) in [6.45, 7) is 2.63. The van der Waals surface area contributed by atoms with Crippen molar-refractivity contribution >= 4 is 46.5 Å². The summed E-state index contributed by atoms with van der Waals surface area (Å²) < 4.78 is 38.4. The smallest absolute Gasteiger partial charge is 0.354 e. The molecular weight excluding hydrogens is 457 g/mol. The van der Waals surface area contributed by atoms with Crippen LogP contribution in [-0.4, -0.2) is 54.4 Å². The molecule has 0 unspecified atom stereocenters. The molecule has 164 valence electrons. The molecule has 1 aliphatic rings. The van der Waals surface area contributed by atoms with Crippen LogP contribution in [0.1, 0.15) is 16.9 Å². The normalized spacial score (nSPS) is 15.2. The molecular formula is C19H22ClF3N4OS2. The number of alkyl halides is 3. The molecule has 3 heterocycles. The maximum absolute atomic E-state index is 12.8. The third-order valence-electron chi connectivity index (χ3n) is 4.58. The topological polar surface area (TPSA) is 48.5 Å². The van der Waals surface area contributed by atoms with Gasteiger partial charge >= 0.3 is 12.2 Å². The highest BCUT2D eigenvalue weighted by molar-refractivity contribution is 7.98. The zero-order valence-corrected chi connectivity index (χ0v) is 18.5. The lowest BCUT2D eigenvalue weighted by Gasteiger charge is -2.24. The van der Waals surface area contributed by atoms with Crippen molar-refractivity contribution in [3.8, 4) is 0 Å². The second-order valence-corrected chi connectivity index (χ2v) is 9.26. The fourth-order valence-corrected chi connectivity index (χ4v) is 5.05. The predicted octanol–water partition coefficient (Wildman–Crippen LogP) is 4.97. The van der Waals surface area contributed by atoms with Gasteiger partial charge in [0.1, 0.15) is 5.82 Å². The van der Waals surface area contributed by atoms with E-state index in [4.69, 9.17) is 11.6 Å². The Balaban J connectivity index is 1.45. The Morgan fingerprint density at radius 1 is 1.30 bits per heavy atom. The lowest BCUT2D eigenvalue weighted by atomic mass is 10.2. The Morgan fingerprint density at radius 3 is 2.83 bits per heavy atom. The average molecular weight is 479 g/mol. The van der Waals surface area contributed by atoms with E-state index in [1.165, 1.54) is 4.88 Å². The minimum atomic E-state index is -4.48. The van der Waals surface area contributed by atoms with E-state index in [1.807, 2.05) is 16.3 Å². The zero-order chi connectivity index (χ0) is 21.6. The van der Waals surface area contributed by atoms with Gasteiger partial charge in [0, 0.05) is 55.3 Å². The number of aromatic nitrogens is 1. The number of halogens is 4. The van der Waals surface area contributed by atoms with Gasteiger partial charge in [-0.3, -0.25) is 0 Å². The van der Waals surface area contributed by atoms with Crippen molar-refractivity contribution in [2.24, 2.45) is 0 Å². The first-order chi connectivity index (χ1) is 14.3. The van der Waals surface area contributed by atoms with E-state index in [0.29, 0.717) is 45.0 Å². The maximum atomic E-state index is 12.8. The number of urea groups is 1. The third kappa shape index (κ3) is 6.42. The van der Waals surface area contributed by atoms with Gasteiger partial charge < -0.3 is 15.1 Å². The van der Waals surface area contributed by atoms with E-state index in [9.17, 15) is 18.0 Å². The number of amides is 2. The van der Waals surface area contributed by atoms with Gasteiger partial charge in [0.25, 0.3) is 0 Å². The standard InChI is InChI=1S/C19H22ClF3N4OS2/c20-16-11-14(19(21,22)23)12-25-17(16)26-5-2-6-27(8-7-26)18(28)24-4-10-29-13-15-3-1-9-30-15/h1,3,9,11-12H,2,4-8,10,13H2,(H,24,28). The van der Waals surface area contributed by atoms with Crippen LogP contribution in [0.25, 0.3) is 0 Å². The lowest BCUT2D eigenvalue weighted by Crippen LogP contribution is -2.42. The van der Waals surface area contributed by atoms with Crippen LogP contribution < -0.4 is 10.2 Å². The summed E-state index contributed by atoms with van der Waals surface area (Å²) >= 11 is 9.55. The van der Waals surface area contributed by atoms with E-state index in [-0.39, 0.29) is 11.1 Å². The molecule has 2 amide bonds. The minimum absolute atomic E-state index is 0.0366. The second-order valence-electron chi connectivity index (χ2n) is 6.72. The lowest BCUT2D eigenvalue weighted by molar-refractivity contribution is -0.137. The molecule has 0 atom stereocenters. The summed E-state index contributed by atoms with van der Waals surface area (Å²) in [7, 11) is 0. The first-order valence-electron chi connectivity index (χ1n) is 9.45. The molecule has 0 spiro atoms. The molecule has 0 saturated carbocycles. The van der Waals surface area contributed by atoms with Gasteiger partial charge in [-0.2, -0.15) is 24.9 Å². The van der Waals surface area contributed by atoms with Gasteiger partial charge in [0.15, 0.2) is 0 Å². The van der Waals surface area contributed by atoms with Gasteiger partial charge in [0.05, 0.1) is 10.6 Å². The van der Waals surface area contributed by atoms with Crippen LogP contribution in [-0.2, 0) is 11.9 Å². The van der Waals surface area contributed by atoms with E-state index >= 15 is 0 Å². The van der Waals surface area contributed by atoms with Crippen LogP contribution in [0.2, 0.25) is 5.02 Å². The molecule has 1 saturated heterocycles. The molecule has 0 radical (unpaired) electrons. The summed E-state index contributed by atoms with van der Waals surface area (Å²) in [6, 6.07) is 4.89. The van der Waals surface area contributed by atoms with Gasteiger partial charge in [0.2, 0.25) is 0 Å². The van der Waals surface area contributed by atoms with Crippen LogP contribution in [0.3, 0.4) is 0 Å². The van der Waals surface area contributed by atoms with Gasteiger partial charge in [-0.15, -0.1) is 11.3 Å². The largest absolute Gasteiger partial charge is 0.417 e. The molecule has 1 fully saturated rings. The summed E-state index contributed by atoms with van der Waals surface area (Å²) in [4.78, 5) is 21.2. The van der Waals surface area contributed by atoms with Crippen LogP contribution in [0.5, 0.6) is 0 Å². The molecule has 2 aromatic rings. The third-order valence-corrected chi connectivity index (χ3v) is 6.92. The van der Waals surface area contributed by atoms with Gasteiger partial charge in [-0.25, -0.2) is 9.78 Å². The Kier molecular flexibility index (Phi) is 8.13. The highest BCUT2D eigenvalue weighted by Gasteiger charge is 2.32. The Labute approximate surface area is 186 Å². The van der Waals surface area contributed by atoms with Crippen molar-refractivity contribution < 1.29 is 18.0 Å². The van der Waals surface area contributed by atoms with Crippen LogP contribution >= 0.6 is 34.7 Å². The first kappa shape index (κ1) is 23.0. The summed E-state index contributed by atoms with van der Waals surface area (Å²) in [6.07, 6.45) is -3.01. The van der Waals surface area contributed by atoms with Gasteiger partial charge in [-0.05, 0) is 23.9 Å². The Morgan fingerprint density at radius 2 is 2.13 bits per heavy atom. The SMILES string of the molecule is O=C(NCCSCc1cccs1)N1CCCN(c2ncc(C(F)(F)F)cc2Cl)CC1. The number of anilines is 1. The molecule has 1 N–H and O–H groups in total. The second kappa shape index (κ2) is 10.6. The number of nitrogens with zero attached hydrogens (tertiary/aromatic N) is 3. The van der Waals surface area contributed by atoms with Crippen molar-refractivity contribution in [2.75, 3.05) is 43.4 Å². The number of thioether (sulfide) groups is 1. The number of nitrogens with one attached hydrogen (secondary N) is 1. The average Bonchev–Trinajstić information content (AvgIpc) is 3.09. The molecule has 0 bridgehead atoms. The quantitative estimate of drug-likeness (QED) is 0.595. The number of hydrogen-bond acceptors (Lipinski definition) is 5. The summed E-state index contributed by atoms with van der Waals surface area (Å²) in [5.41, 5.74) is -0.871. The molecule has 3 rings (SSSR count). The fraction of sp³-hybridized carbons (Fsp3) is 0.474. The first-order valence-corrected chi connectivity index (χ1v) is 11.9. The van der Waals surface area contributed by atoms with Gasteiger partial charge in [-0.1, -0.05) is 17.7 Å². The molecule has 5 nitrogen and oxygen atoms in total. The number of rotatable bonds is 6. The fourth-order valence-electron chi connectivity index (χ4n) is 3.06. The predicted molar refractivity (Wildman–Crippen MR) is 117 cm³/mol. The minimum Gasteiger partial charge on any atom is -0.354 e. The number of pyridine rings is 1. The highest BCUT2D eigenvalue weighted by atomic mass is 35.5. The van der Waals surface area contributed by atoms with E-state index < -0.39 is 11.7 Å². The van der Waals surface area contributed by atoms with Crippen LogP contribution in [0.4, 0.5) is 23.8 Å². The number of carbonyl (C=O) groups excluding carboxylic acids is 1. The van der Waals surface area contributed by atoms with Crippen molar-refractivity contribution in [2.45, 2.75) is 18.3 Å².